The zero-order valence-electron chi connectivity index (χ0n) is 16.4. The Kier molecular flexibility index (Phi) is 5.49. The average molecular weight is 440 g/mol. The Hall–Kier alpha value is -3.63. The maximum atomic E-state index is 13.3. The van der Waals surface area contributed by atoms with Crippen LogP contribution in [0.2, 0.25) is 0 Å². The van der Waals surface area contributed by atoms with Crippen LogP contribution >= 0.6 is 6.89 Å². The van der Waals surface area contributed by atoms with Crippen LogP contribution in [0.3, 0.4) is 0 Å². The van der Waals surface area contributed by atoms with Crippen LogP contribution in [0.4, 0.5) is 0 Å². The topological polar surface area (TPSA) is 62.3 Å². The average Bonchev–Trinajstić information content (AvgIpc) is 2.84. The molecule has 0 atom stereocenters. The first-order valence-corrected chi connectivity index (χ1v) is 12.7. The first-order chi connectivity index (χ1) is 15.0. The standard InChI is InChI=1S/C25H17N2O2PS/c1-27-25-18-24(31(28,29)23-15-9-4-10-16-23)17-22(19-26)30(25,20-11-5-2-6-12-20)21-13-7-3-8-14-21/h2-18H. The largest absolute Gasteiger partial charge is 0.237 e. The van der Waals surface area contributed by atoms with Crippen molar-refractivity contribution in [3.63, 3.8) is 0 Å². The summed E-state index contributed by atoms with van der Waals surface area (Å²) in [5, 5.41) is 12.2. The van der Waals surface area contributed by atoms with Gasteiger partial charge in [-0.2, -0.15) is 5.26 Å². The van der Waals surface area contributed by atoms with E-state index < -0.39 is 16.7 Å². The van der Waals surface area contributed by atoms with Crippen LogP contribution in [-0.4, -0.2) is 13.7 Å². The van der Waals surface area contributed by atoms with Crippen molar-refractivity contribution in [3.8, 4) is 6.07 Å². The van der Waals surface area contributed by atoms with Crippen molar-refractivity contribution < 1.29 is 8.42 Å². The fourth-order valence-corrected chi connectivity index (χ4v) is 9.06. The Balaban J connectivity index is 2.13. The molecule has 0 spiro atoms. The van der Waals surface area contributed by atoms with Crippen molar-refractivity contribution in [1.29, 1.82) is 5.26 Å². The van der Waals surface area contributed by atoms with E-state index in [1.54, 1.807) is 18.2 Å². The van der Waals surface area contributed by atoms with Crippen LogP contribution in [-0.2, 0) is 9.84 Å². The molecular weight excluding hydrogens is 423 g/mol. The third-order valence-corrected chi connectivity index (χ3v) is 10.9. The van der Waals surface area contributed by atoms with Gasteiger partial charge in [-0.1, -0.05) is 78.9 Å². The molecule has 0 aromatic heterocycles. The van der Waals surface area contributed by atoms with Crippen molar-refractivity contribution >= 4 is 32.6 Å². The summed E-state index contributed by atoms with van der Waals surface area (Å²) >= 11 is 0. The number of hydrogen-bond acceptors (Lipinski definition) is 3. The Morgan fingerprint density at radius 1 is 0.774 bits per heavy atom. The minimum atomic E-state index is -3.88. The molecule has 1 aliphatic heterocycles. The highest BCUT2D eigenvalue weighted by Gasteiger charge is 2.36. The summed E-state index contributed by atoms with van der Waals surface area (Å²) in [5.41, 5.74) is 0.276. The highest BCUT2D eigenvalue weighted by atomic mass is 32.2. The highest BCUT2D eigenvalue weighted by molar-refractivity contribution is 7.96. The van der Waals surface area contributed by atoms with Crippen LogP contribution in [0.5, 0.6) is 0 Å². The molecule has 1 heterocycles. The molecule has 0 radical (unpaired) electrons. The van der Waals surface area contributed by atoms with Gasteiger partial charge in [0.1, 0.15) is 0 Å². The van der Waals surface area contributed by atoms with Gasteiger partial charge in [0, 0.05) is 6.89 Å². The Morgan fingerprint density at radius 2 is 1.26 bits per heavy atom. The molecule has 6 heteroatoms. The molecule has 0 amide bonds. The molecule has 0 fully saturated rings. The smallest absolute Gasteiger partial charge is 0.205 e. The fourth-order valence-electron chi connectivity index (χ4n) is 3.72. The summed E-state index contributed by atoms with van der Waals surface area (Å²) in [5.74, 6) is 0. The maximum Gasteiger partial charge on any atom is 0.205 e. The van der Waals surface area contributed by atoms with E-state index in [0.29, 0.717) is 5.29 Å². The Labute approximate surface area is 182 Å². The van der Waals surface area contributed by atoms with E-state index in [1.807, 2.05) is 60.7 Å². The molecule has 0 saturated heterocycles. The lowest BCUT2D eigenvalue weighted by Gasteiger charge is -2.30. The van der Waals surface area contributed by atoms with Gasteiger partial charge in [-0.15, -0.1) is 0 Å². The zero-order valence-corrected chi connectivity index (χ0v) is 18.1. The first kappa shape index (κ1) is 20.6. The Morgan fingerprint density at radius 3 is 1.71 bits per heavy atom. The summed E-state index contributed by atoms with van der Waals surface area (Å²) in [6.45, 7) is 5.16. The van der Waals surface area contributed by atoms with E-state index in [4.69, 9.17) is 6.57 Å². The number of nitriles is 1. The molecule has 3 aromatic carbocycles. The SMILES string of the molecule is [C-]#[N+]C1=CC(S(=O)(=O)c2ccccc2)=CC(C#N)=P1(c1ccccc1)c1ccccc1. The second-order valence-corrected chi connectivity index (χ2v) is 12.1. The summed E-state index contributed by atoms with van der Waals surface area (Å²) in [4.78, 5) is 3.88. The van der Waals surface area contributed by atoms with Gasteiger partial charge in [0.25, 0.3) is 0 Å². The molecule has 0 saturated carbocycles. The van der Waals surface area contributed by atoms with Crippen LogP contribution in [0.25, 0.3) is 4.85 Å². The molecule has 4 nitrogen and oxygen atoms in total. The quantitative estimate of drug-likeness (QED) is 0.444. The number of nitrogens with zero attached hydrogens (tertiary/aromatic N) is 2. The van der Waals surface area contributed by atoms with Gasteiger partial charge in [0.15, 0.2) is 5.44 Å². The van der Waals surface area contributed by atoms with Crippen molar-refractivity contribution in [2.24, 2.45) is 0 Å². The second-order valence-electron chi connectivity index (χ2n) is 6.82. The second kappa shape index (κ2) is 8.25. The summed E-state index contributed by atoms with van der Waals surface area (Å²) < 4.78 is 26.5. The minimum Gasteiger partial charge on any atom is -0.237 e. The highest BCUT2D eigenvalue weighted by Crippen LogP contribution is 2.58. The van der Waals surface area contributed by atoms with Crippen molar-refractivity contribution in [3.05, 3.63) is 125 Å². The van der Waals surface area contributed by atoms with Gasteiger partial charge in [-0.25, -0.2) is 13.3 Å². The summed E-state index contributed by atoms with van der Waals surface area (Å²) in [7, 11) is -3.88. The van der Waals surface area contributed by atoms with Gasteiger partial charge in [0.05, 0.1) is 27.7 Å². The molecule has 4 rings (SSSR count). The summed E-state index contributed by atoms with van der Waals surface area (Å²) in [6.07, 6.45) is 2.90. The van der Waals surface area contributed by atoms with Crippen molar-refractivity contribution in [2.75, 3.05) is 0 Å². The zero-order chi connectivity index (χ0) is 21.9. The van der Waals surface area contributed by atoms with Crippen LogP contribution in [0, 0.1) is 17.9 Å². The third kappa shape index (κ3) is 3.35. The number of benzene rings is 3. The molecule has 0 unspecified atom stereocenters. The maximum absolute atomic E-state index is 13.3. The number of sulfone groups is 1. The van der Waals surface area contributed by atoms with Gasteiger partial charge in [-0.05, 0) is 34.9 Å². The predicted molar refractivity (Wildman–Crippen MR) is 126 cm³/mol. The predicted octanol–water partition coefficient (Wildman–Crippen LogP) is 4.48. The Bertz CT molecular complexity index is 1400. The molecule has 31 heavy (non-hydrogen) atoms. The monoisotopic (exact) mass is 440 g/mol. The van der Waals surface area contributed by atoms with E-state index in [2.05, 4.69) is 10.9 Å². The molecule has 1 aliphatic rings. The fraction of sp³-hybridized carbons (Fsp3) is 0. The molecule has 0 aliphatic carbocycles. The third-order valence-electron chi connectivity index (χ3n) is 5.14. The lowest BCUT2D eigenvalue weighted by molar-refractivity contribution is 0.603. The lowest BCUT2D eigenvalue weighted by Crippen LogP contribution is -2.24. The van der Waals surface area contributed by atoms with Gasteiger partial charge in [-0.3, -0.25) is 0 Å². The van der Waals surface area contributed by atoms with Gasteiger partial charge < -0.3 is 0 Å². The van der Waals surface area contributed by atoms with E-state index in [-0.39, 0.29) is 15.2 Å². The normalized spacial score (nSPS) is 15.2. The number of rotatable bonds is 4. The van der Waals surface area contributed by atoms with Crippen molar-refractivity contribution in [1.82, 2.24) is 0 Å². The number of hydrogen-bond donors (Lipinski definition) is 0. The summed E-state index contributed by atoms with van der Waals surface area (Å²) in [6, 6.07) is 29.2. The number of allylic oxidation sites excluding steroid dienone is 2. The van der Waals surface area contributed by atoms with Gasteiger partial charge >= 0.3 is 0 Å². The first-order valence-electron chi connectivity index (χ1n) is 9.44. The van der Waals surface area contributed by atoms with Crippen LogP contribution < -0.4 is 10.6 Å². The van der Waals surface area contributed by atoms with Gasteiger partial charge in [0.2, 0.25) is 9.84 Å². The molecule has 150 valence electrons. The van der Waals surface area contributed by atoms with E-state index in [0.717, 1.165) is 10.6 Å². The molecule has 0 bridgehead atoms. The van der Waals surface area contributed by atoms with Crippen LogP contribution in [0.15, 0.2) is 118 Å². The molecule has 0 N–H and O–H groups in total. The van der Waals surface area contributed by atoms with E-state index in [9.17, 15) is 13.7 Å². The minimum absolute atomic E-state index is 0.0382. The van der Waals surface area contributed by atoms with Crippen LogP contribution in [0.1, 0.15) is 0 Å². The molecular formula is C25H17N2O2PS. The van der Waals surface area contributed by atoms with E-state index >= 15 is 0 Å². The lowest BCUT2D eigenvalue weighted by atomic mass is 10.3. The van der Waals surface area contributed by atoms with Crippen molar-refractivity contribution in [2.45, 2.75) is 4.90 Å². The van der Waals surface area contributed by atoms with E-state index in [1.165, 1.54) is 24.3 Å². The molecule has 3 aromatic rings.